The van der Waals surface area contributed by atoms with E-state index in [9.17, 15) is 15.0 Å². The second-order valence-electron chi connectivity index (χ2n) is 6.38. The summed E-state index contributed by atoms with van der Waals surface area (Å²) in [5, 5.41) is 22.4. The Balaban J connectivity index is 1.77. The molecule has 2 aliphatic heterocycles. The second-order valence-corrected chi connectivity index (χ2v) is 6.38. The quantitative estimate of drug-likeness (QED) is 0.785. The molecule has 2 heterocycles. The van der Waals surface area contributed by atoms with Crippen molar-refractivity contribution in [2.75, 3.05) is 19.6 Å². The van der Waals surface area contributed by atoms with Gasteiger partial charge in [0.25, 0.3) is 0 Å². The molecule has 0 bridgehead atoms. The SMILES string of the molecule is O=C(O)C1CC2(CCNCC2)CN1Cc1cccc(O)c1. The predicted molar refractivity (Wildman–Crippen MR) is 79.1 cm³/mol. The molecule has 21 heavy (non-hydrogen) atoms. The highest BCUT2D eigenvalue weighted by molar-refractivity contribution is 5.74. The van der Waals surface area contributed by atoms with Crippen LogP contribution in [0.4, 0.5) is 0 Å². The summed E-state index contributed by atoms with van der Waals surface area (Å²) < 4.78 is 0. The number of aromatic hydroxyl groups is 1. The van der Waals surface area contributed by atoms with Crippen molar-refractivity contribution in [1.29, 1.82) is 0 Å². The number of likely N-dealkylation sites (tertiary alicyclic amines) is 1. The van der Waals surface area contributed by atoms with Gasteiger partial charge < -0.3 is 15.5 Å². The van der Waals surface area contributed by atoms with E-state index < -0.39 is 12.0 Å². The predicted octanol–water partition coefficient (Wildman–Crippen LogP) is 1.42. The molecule has 0 aliphatic carbocycles. The van der Waals surface area contributed by atoms with Crippen molar-refractivity contribution >= 4 is 5.97 Å². The van der Waals surface area contributed by atoms with E-state index in [4.69, 9.17) is 0 Å². The molecule has 0 aromatic heterocycles. The lowest BCUT2D eigenvalue weighted by Crippen LogP contribution is -2.38. The normalized spacial score (nSPS) is 25.2. The number of phenolic OH excluding ortho intramolecular Hbond substituents is 1. The van der Waals surface area contributed by atoms with Crippen molar-refractivity contribution < 1.29 is 15.0 Å². The summed E-state index contributed by atoms with van der Waals surface area (Å²) in [6.07, 6.45) is 2.84. The lowest BCUT2D eigenvalue weighted by atomic mass is 9.77. The number of piperidine rings is 1. The van der Waals surface area contributed by atoms with Crippen LogP contribution in [-0.4, -0.2) is 46.8 Å². The van der Waals surface area contributed by atoms with Gasteiger partial charge in [0.1, 0.15) is 11.8 Å². The molecule has 0 amide bonds. The Morgan fingerprint density at radius 1 is 1.38 bits per heavy atom. The van der Waals surface area contributed by atoms with E-state index in [0.717, 1.165) is 44.5 Å². The number of rotatable bonds is 3. The standard InChI is InChI=1S/C16H22N2O3/c19-13-3-1-2-12(8-13)10-18-11-16(4-6-17-7-5-16)9-14(18)15(20)21/h1-3,8,14,17,19H,4-7,9-11H2,(H,20,21). The van der Waals surface area contributed by atoms with Crippen LogP contribution in [0.15, 0.2) is 24.3 Å². The molecule has 2 aliphatic rings. The molecule has 0 saturated carbocycles. The molecule has 1 unspecified atom stereocenters. The average molecular weight is 290 g/mol. The van der Waals surface area contributed by atoms with Crippen LogP contribution in [0.1, 0.15) is 24.8 Å². The van der Waals surface area contributed by atoms with Gasteiger partial charge in [-0.1, -0.05) is 12.1 Å². The minimum absolute atomic E-state index is 0.144. The molecule has 1 aromatic rings. The zero-order chi connectivity index (χ0) is 14.9. The molecule has 3 rings (SSSR count). The first-order valence-electron chi connectivity index (χ1n) is 7.54. The fourth-order valence-corrected chi connectivity index (χ4v) is 3.76. The van der Waals surface area contributed by atoms with Gasteiger partial charge in [0.2, 0.25) is 0 Å². The number of carboxylic acid groups (broad SMARTS) is 1. The summed E-state index contributed by atoms with van der Waals surface area (Å²) in [7, 11) is 0. The largest absolute Gasteiger partial charge is 0.508 e. The maximum absolute atomic E-state index is 11.6. The number of carboxylic acids is 1. The Morgan fingerprint density at radius 3 is 2.81 bits per heavy atom. The zero-order valence-electron chi connectivity index (χ0n) is 12.1. The van der Waals surface area contributed by atoms with E-state index in [2.05, 4.69) is 10.2 Å². The molecule has 3 N–H and O–H groups in total. The number of nitrogens with zero attached hydrogens (tertiary/aromatic N) is 1. The zero-order valence-corrected chi connectivity index (χ0v) is 12.1. The molecule has 1 spiro atoms. The number of carbonyl (C=O) groups is 1. The Kier molecular flexibility index (Phi) is 3.87. The van der Waals surface area contributed by atoms with Gasteiger partial charge in [0.05, 0.1) is 0 Å². The molecular formula is C16H22N2O3. The van der Waals surface area contributed by atoms with Crippen LogP contribution in [0.3, 0.4) is 0 Å². The maximum atomic E-state index is 11.6. The topological polar surface area (TPSA) is 72.8 Å². The first-order valence-corrected chi connectivity index (χ1v) is 7.54. The van der Waals surface area contributed by atoms with E-state index in [1.165, 1.54) is 0 Å². The van der Waals surface area contributed by atoms with Gasteiger partial charge in [-0.25, -0.2) is 0 Å². The van der Waals surface area contributed by atoms with E-state index >= 15 is 0 Å². The monoisotopic (exact) mass is 290 g/mol. The van der Waals surface area contributed by atoms with Gasteiger partial charge in [0, 0.05) is 13.1 Å². The van der Waals surface area contributed by atoms with Crippen molar-refractivity contribution in [3.63, 3.8) is 0 Å². The van der Waals surface area contributed by atoms with Crippen LogP contribution < -0.4 is 5.32 Å². The van der Waals surface area contributed by atoms with Gasteiger partial charge in [-0.05, 0) is 55.5 Å². The van der Waals surface area contributed by atoms with E-state index in [1.54, 1.807) is 18.2 Å². The first kappa shape index (κ1) is 14.4. The van der Waals surface area contributed by atoms with E-state index in [0.29, 0.717) is 6.54 Å². The molecular weight excluding hydrogens is 268 g/mol. The van der Waals surface area contributed by atoms with Crippen molar-refractivity contribution in [2.24, 2.45) is 5.41 Å². The number of hydrogen-bond donors (Lipinski definition) is 3. The third kappa shape index (κ3) is 3.04. The Morgan fingerprint density at radius 2 is 2.14 bits per heavy atom. The molecule has 0 radical (unpaired) electrons. The summed E-state index contributed by atoms with van der Waals surface area (Å²) in [6, 6.07) is 6.68. The fraction of sp³-hybridized carbons (Fsp3) is 0.562. The molecule has 5 heteroatoms. The summed E-state index contributed by atoms with van der Waals surface area (Å²) in [5.41, 5.74) is 1.11. The van der Waals surface area contributed by atoms with E-state index in [1.807, 2.05) is 6.07 Å². The number of aliphatic carboxylic acids is 1. The van der Waals surface area contributed by atoms with Gasteiger partial charge in [-0.15, -0.1) is 0 Å². The highest BCUT2D eigenvalue weighted by Crippen LogP contribution is 2.42. The van der Waals surface area contributed by atoms with Crippen LogP contribution in [0.5, 0.6) is 5.75 Å². The summed E-state index contributed by atoms with van der Waals surface area (Å²) in [4.78, 5) is 13.6. The molecule has 2 saturated heterocycles. The number of benzene rings is 1. The van der Waals surface area contributed by atoms with Crippen LogP contribution >= 0.6 is 0 Å². The lowest BCUT2D eigenvalue weighted by Gasteiger charge is -2.33. The average Bonchev–Trinajstić information content (AvgIpc) is 2.78. The highest BCUT2D eigenvalue weighted by atomic mass is 16.4. The Bertz CT molecular complexity index is 526. The smallest absolute Gasteiger partial charge is 0.320 e. The van der Waals surface area contributed by atoms with Crippen LogP contribution in [0.25, 0.3) is 0 Å². The van der Waals surface area contributed by atoms with Gasteiger partial charge in [-0.3, -0.25) is 9.69 Å². The van der Waals surface area contributed by atoms with Crippen molar-refractivity contribution in [2.45, 2.75) is 31.8 Å². The van der Waals surface area contributed by atoms with Gasteiger partial charge in [0.15, 0.2) is 0 Å². The van der Waals surface area contributed by atoms with Crippen LogP contribution in [0.2, 0.25) is 0 Å². The summed E-state index contributed by atoms with van der Waals surface area (Å²) >= 11 is 0. The fourth-order valence-electron chi connectivity index (χ4n) is 3.76. The number of phenols is 1. The summed E-state index contributed by atoms with van der Waals surface area (Å²) in [5.74, 6) is -0.499. The molecule has 1 atom stereocenters. The minimum atomic E-state index is -0.731. The van der Waals surface area contributed by atoms with Crippen molar-refractivity contribution in [1.82, 2.24) is 10.2 Å². The van der Waals surface area contributed by atoms with Crippen molar-refractivity contribution in [3.8, 4) is 5.75 Å². The molecule has 1 aromatic carbocycles. The third-order valence-corrected chi connectivity index (χ3v) is 4.85. The van der Waals surface area contributed by atoms with Gasteiger partial charge >= 0.3 is 5.97 Å². The lowest BCUT2D eigenvalue weighted by molar-refractivity contribution is -0.142. The third-order valence-electron chi connectivity index (χ3n) is 4.85. The maximum Gasteiger partial charge on any atom is 0.320 e. The number of nitrogens with one attached hydrogen (secondary N) is 1. The van der Waals surface area contributed by atoms with Gasteiger partial charge in [-0.2, -0.15) is 0 Å². The Hall–Kier alpha value is -1.59. The summed E-state index contributed by atoms with van der Waals surface area (Å²) in [6.45, 7) is 3.38. The van der Waals surface area contributed by atoms with Crippen LogP contribution in [-0.2, 0) is 11.3 Å². The highest BCUT2D eigenvalue weighted by Gasteiger charge is 2.46. The number of hydrogen-bond acceptors (Lipinski definition) is 4. The van der Waals surface area contributed by atoms with Crippen molar-refractivity contribution in [3.05, 3.63) is 29.8 Å². The molecule has 5 nitrogen and oxygen atoms in total. The first-order chi connectivity index (χ1) is 10.1. The van der Waals surface area contributed by atoms with E-state index in [-0.39, 0.29) is 11.2 Å². The van der Waals surface area contributed by atoms with Crippen LogP contribution in [0, 0.1) is 5.41 Å². The molecule has 114 valence electrons. The molecule has 2 fully saturated rings. The second kappa shape index (κ2) is 5.66. The Labute approximate surface area is 124 Å². The minimum Gasteiger partial charge on any atom is -0.508 e.